The summed E-state index contributed by atoms with van der Waals surface area (Å²) in [5.41, 5.74) is 0. The highest BCUT2D eigenvalue weighted by Gasteiger charge is 2.17. The summed E-state index contributed by atoms with van der Waals surface area (Å²) in [6.45, 7) is 9.11. The SMILES string of the molecule is CC(C)OC(=O)[C@H](C)OC(C)C. The van der Waals surface area contributed by atoms with Crippen molar-refractivity contribution < 1.29 is 14.3 Å². The van der Waals surface area contributed by atoms with E-state index in [1.54, 1.807) is 6.92 Å². The molecule has 0 aromatic heterocycles. The summed E-state index contributed by atoms with van der Waals surface area (Å²) in [7, 11) is 0. The van der Waals surface area contributed by atoms with Gasteiger partial charge < -0.3 is 9.47 Å². The number of hydrogen-bond acceptors (Lipinski definition) is 3. The van der Waals surface area contributed by atoms with Crippen LogP contribution in [0.15, 0.2) is 0 Å². The Kier molecular flexibility index (Phi) is 4.90. The third-order valence-corrected chi connectivity index (χ3v) is 1.16. The molecule has 3 heteroatoms. The topological polar surface area (TPSA) is 35.5 Å². The van der Waals surface area contributed by atoms with Crippen molar-refractivity contribution in [3.8, 4) is 0 Å². The molecular weight excluding hydrogens is 156 g/mol. The van der Waals surface area contributed by atoms with E-state index in [0.717, 1.165) is 0 Å². The molecule has 0 aromatic rings. The van der Waals surface area contributed by atoms with Gasteiger partial charge in [-0.2, -0.15) is 0 Å². The molecule has 1 atom stereocenters. The van der Waals surface area contributed by atoms with Gasteiger partial charge in [-0.3, -0.25) is 0 Å². The van der Waals surface area contributed by atoms with E-state index >= 15 is 0 Å². The van der Waals surface area contributed by atoms with E-state index in [-0.39, 0.29) is 18.2 Å². The number of hydrogen-bond donors (Lipinski definition) is 0. The van der Waals surface area contributed by atoms with Crippen LogP contribution >= 0.6 is 0 Å². The van der Waals surface area contributed by atoms with E-state index < -0.39 is 6.10 Å². The number of esters is 1. The molecule has 0 N–H and O–H groups in total. The lowest BCUT2D eigenvalue weighted by atomic mass is 10.3. The zero-order chi connectivity index (χ0) is 9.72. The highest BCUT2D eigenvalue weighted by molar-refractivity contribution is 5.74. The smallest absolute Gasteiger partial charge is 0.335 e. The van der Waals surface area contributed by atoms with Crippen molar-refractivity contribution in [1.82, 2.24) is 0 Å². The average Bonchev–Trinajstić information content (AvgIpc) is 1.84. The van der Waals surface area contributed by atoms with E-state index in [2.05, 4.69) is 0 Å². The monoisotopic (exact) mass is 174 g/mol. The van der Waals surface area contributed by atoms with Gasteiger partial charge in [0, 0.05) is 0 Å². The van der Waals surface area contributed by atoms with Crippen molar-refractivity contribution in [3.05, 3.63) is 0 Å². The molecule has 0 heterocycles. The summed E-state index contributed by atoms with van der Waals surface area (Å²) in [6, 6.07) is 0. The highest BCUT2D eigenvalue weighted by Crippen LogP contribution is 2.01. The van der Waals surface area contributed by atoms with Gasteiger partial charge in [-0.25, -0.2) is 4.79 Å². The fraction of sp³-hybridized carbons (Fsp3) is 0.889. The molecule has 72 valence electrons. The molecule has 0 rings (SSSR count). The van der Waals surface area contributed by atoms with Crippen LogP contribution in [-0.2, 0) is 14.3 Å². The molecule has 3 nitrogen and oxygen atoms in total. The first-order valence-electron chi connectivity index (χ1n) is 4.29. The number of carbonyl (C=O) groups is 1. The van der Waals surface area contributed by atoms with E-state index in [1.165, 1.54) is 0 Å². The van der Waals surface area contributed by atoms with Gasteiger partial charge in [0.1, 0.15) is 0 Å². The van der Waals surface area contributed by atoms with E-state index in [1.807, 2.05) is 27.7 Å². The predicted octanol–water partition coefficient (Wildman–Crippen LogP) is 1.75. The second-order valence-corrected chi connectivity index (χ2v) is 3.31. The highest BCUT2D eigenvalue weighted by atomic mass is 16.6. The quantitative estimate of drug-likeness (QED) is 0.609. The minimum absolute atomic E-state index is 0.0553. The van der Waals surface area contributed by atoms with Crippen molar-refractivity contribution in [1.29, 1.82) is 0 Å². The maximum atomic E-state index is 11.1. The van der Waals surface area contributed by atoms with Crippen LogP contribution in [0.4, 0.5) is 0 Å². The van der Waals surface area contributed by atoms with Gasteiger partial charge in [-0.05, 0) is 34.6 Å². The van der Waals surface area contributed by atoms with Gasteiger partial charge in [0.25, 0.3) is 0 Å². The van der Waals surface area contributed by atoms with Gasteiger partial charge >= 0.3 is 5.97 Å². The first-order valence-corrected chi connectivity index (χ1v) is 4.29. The molecule has 0 fully saturated rings. The van der Waals surface area contributed by atoms with Crippen LogP contribution in [0, 0.1) is 0 Å². The van der Waals surface area contributed by atoms with Crippen molar-refractivity contribution in [2.45, 2.75) is 52.9 Å². The Labute approximate surface area is 74.0 Å². The molecule has 0 radical (unpaired) electrons. The van der Waals surface area contributed by atoms with Gasteiger partial charge in [0.05, 0.1) is 12.2 Å². The second-order valence-electron chi connectivity index (χ2n) is 3.31. The van der Waals surface area contributed by atoms with Gasteiger partial charge in [0.2, 0.25) is 0 Å². The summed E-state index contributed by atoms with van der Waals surface area (Å²) in [5, 5.41) is 0. The number of rotatable bonds is 4. The van der Waals surface area contributed by atoms with Crippen molar-refractivity contribution in [2.24, 2.45) is 0 Å². The first kappa shape index (κ1) is 11.4. The summed E-state index contributed by atoms with van der Waals surface area (Å²) in [6.07, 6.45) is -0.483. The van der Waals surface area contributed by atoms with Crippen molar-refractivity contribution >= 4 is 5.97 Å². The minimum atomic E-state index is -0.465. The maximum absolute atomic E-state index is 11.1. The third kappa shape index (κ3) is 5.13. The zero-order valence-electron chi connectivity index (χ0n) is 8.46. The van der Waals surface area contributed by atoms with Crippen LogP contribution in [0.1, 0.15) is 34.6 Å². The fourth-order valence-corrected chi connectivity index (χ4v) is 0.792. The summed E-state index contributed by atoms with van der Waals surface area (Å²) in [4.78, 5) is 11.1. The molecule has 0 amide bonds. The van der Waals surface area contributed by atoms with Gasteiger partial charge in [-0.1, -0.05) is 0 Å². The molecular formula is C9H18O3. The van der Waals surface area contributed by atoms with Crippen LogP contribution in [-0.4, -0.2) is 24.3 Å². The number of ether oxygens (including phenoxy) is 2. The molecule has 0 aliphatic carbocycles. The van der Waals surface area contributed by atoms with Crippen LogP contribution in [0.25, 0.3) is 0 Å². The van der Waals surface area contributed by atoms with Crippen LogP contribution in [0.2, 0.25) is 0 Å². The third-order valence-electron chi connectivity index (χ3n) is 1.16. The Morgan fingerprint density at radius 2 is 1.50 bits per heavy atom. The van der Waals surface area contributed by atoms with Crippen LogP contribution in [0.3, 0.4) is 0 Å². The predicted molar refractivity (Wildman–Crippen MR) is 46.9 cm³/mol. The Balaban J connectivity index is 3.77. The normalized spacial score (nSPS) is 13.6. The lowest BCUT2D eigenvalue weighted by Crippen LogP contribution is -2.28. The Bertz CT molecular complexity index is 141. The van der Waals surface area contributed by atoms with Crippen LogP contribution < -0.4 is 0 Å². The molecule has 0 aliphatic rings. The Hall–Kier alpha value is -0.570. The molecule has 0 spiro atoms. The Morgan fingerprint density at radius 1 is 1.00 bits per heavy atom. The number of carbonyl (C=O) groups excluding carboxylic acids is 1. The standard InChI is InChI=1S/C9H18O3/c1-6(2)11-8(5)9(10)12-7(3)4/h6-8H,1-5H3/t8-/m0/s1. The molecule has 0 bridgehead atoms. The molecule has 12 heavy (non-hydrogen) atoms. The molecule has 0 unspecified atom stereocenters. The van der Waals surface area contributed by atoms with Crippen LogP contribution in [0.5, 0.6) is 0 Å². The summed E-state index contributed by atoms with van der Waals surface area (Å²) >= 11 is 0. The van der Waals surface area contributed by atoms with Gasteiger partial charge in [0.15, 0.2) is 6.10 Å². The largest absolute Gasteiger partial charge is 0.461 e. The van der Waals surface area contributed by atoms with E-state index in [0.29, 0.717) is 0 Å². The molecule has 0 aliphatic heterocycles. The van der Waals surface area contributed by atoms with E-state index in [4.69, 9.17) is 9.47 Å². The molecule has 0 saturated heterocycles. The van der Waals surface area contributed by atoms with E-state index in [9.17, 15) is 4.79 Å². The second kappa shape index (κ2) is 5.14. The first-order chi connectivity index (χ1) is 5.43. The lowest BCUT2D eigenvalue weighted by Gasteiger charge is -2.16. The van der Waals surface area contributed by atoms with Crippen molar-refractivity contribution in [3.63, 3.8) is 0 Å². The minimum Gasteiger partial charge on any atom is -0.461 e. The summed E-state index contributed by atoms with van der Waals surface area (Å²) in [5.74, 6) is -0.293. The van der Waals surface area contributed by atoms with Crippen molar-refractivity contribution in [2.75, 3.05) is 0 Å². The zero-order valence-corrected chi connectivity index (χ0v) is 8.46. The average molecular weight is 174 g/mol. The fourth-order valence-electron chi connectivity index (χ4n) is 0.792. The maximum Gasteiger partial charge on any atom is 0.335 e. The molecule has 0 saturated carbocycles. The Morgan fingerprint density at radius 3 is 1.83 bits per heavy atom. The molecule has 0 aromatic carbocycles. The summed E-state index contributed by atoms with van der Waals surface area (Å²) < 4.78 is 10.2. The lowest BCUT2D eigenvalue weighted by molar-refractivity contribution is -0.162. The van der Waals surface area contributed by atoms with Gasteiger partial charge in [-0.15, -0.1) is 0 Å².